The summed E-state index contributed by atoms with van der Waals surface area (Å²) in [6, 6.07) is 14.0. The molecule has 3 heteroatoms. The van der Waals surface area contributed by atoms with Gasteiger partial charge in [-0.15, -0.1) is 0 Å². The molecule has 0 aliphatic heterocycles. The third kappa shape index (κ3) is 1.57. The van der Waals surface area contributed by atoms with Gasteiger partial charge in [0.25, 0.3) is 0 Å². The molecular formula is C13H9ClN2. The summed E-state index contributed by atoms with van der Waals surface area (Å²) in [6.45, 7) is 0. The average molecular weight is 229 g/mol. The van der Waals surface area contributed by atoms with Crippen LogP contribution in [0, 0.1) is 0 Å². The van der Waals surface area contributed by atoms with Crippen LogP contribution in [0.1, 0.15) is 0 Å². The van der Waals surface area contributed by atoms with Crippen LogP contribution in [0.2, 0.25) is 5.02 Å². The van der Waals surface area contributed by atoms with Gasteiger partial charge in [0.05, 0.1) is 17.4 Å². The number of hydrogen-bond donors (Lipinski definition) is 1. The SMILES string of the molecule is Clc1ccc(-c2ccc3nc[nH]c3c2)cc1. The van der Waals surface area contributed by atoms with E-state index >= 15 is 0 Å². The van der Waals surface area contributed by atoms with Crippen molar-refractivity contribution >= 4 is 22.6 Å². The molecule has 0 radical (unpaired) electrons. The van der Waals surface area contributed by atoms with Crippen molar-refractivity contribution in [3.8, 4) is 11.1 Å². The van der Waals surface area contributed by atoms with Gasteiger partial charge in [-0.05, 0) is 35.4 Å². The third-order valence-corrected chi connectivity index (χ3v) is 2.85. The zero-order valence-corrected chi connectivity index (χ0v) is 9.20. The number of halogens is 1. The predicted octanol–water partition coefficient (Wildman–Crippen LogP) is 3.88. The number of nitrogens with zero attached hydrogens (tertiary/aromatic N) is 1. The predicted molar refractivity (Wildman–Crippen MR) is 66.5 cm³/mol. The number of benzene rings is 2. The number of imidazole rings is 1. The van der Waals surface area contributed by atoms with Crippen molar-refractivity contribution in [2.45, 2.75) is 0 Å². The van der Waals surface area contributed by atoms with Crippen LogP contribution in [0.3, 0.4) is 0 Å². The molecule has 0 aliphatic carbocycles. The van der Waals surface area contributed by atoms with Crippen LogP contribution in [0.5, 0.6) is 0 Å². The highest BCUT2D eigenvalue weighted by Gasteiger charge is 2.00. The maximum absolute atomic E-state index is 5.86. The van der Waals surface area contributed by atoms with Crippen molar-refractivity contribution < 1.29 is 0 Å². The molecule has 16 heavy (non-hydrogen) atoms. The summed E-state index contributed by atoms with van der Waals surface area (Å²) < 4.78 is 0. The fourth-order valence-corrected chi connectivity index (χ4v) is 1.88. The van der Waals surface area contributed by atoms with Crippen LogP contribution < -0.4 is 0 Å². The third-order valence-electron chi connectivity index (χ3n) is 2.60. The lowest BCUT2D eigenvalue weighted by Gasteiger charge is -2.01. The number of fused-ring (bicyclic) bond motifs is 1. The molecule has 78 valence electrons. The zero-order chi connectivity index (χ0) is 11.0. The van der Waals surface area contributed by atoms with Crippen molar-refractivity contribution in [2.75, 3.05) is 0 Å². The Morgan fingerprint density at radius 1 is 0.938 bits per heavy atom. The summed E-state index contributed by atoms with van der Waals surface area (Å²) in [5.41, 5.74) is 4.35. The van der Waals surface area contributed by atoms with Gasteiger partial charge in [-0.3, -0.25) is 0 Å². The number of rotatable bonds is 1. The van der Waals surface area contributed by atoms with Gasteiger partial charge in [-0.1, -0.05) is 29.8 Å². The lowest BCUT2D eigenvalue weighted by molar-refractivity contribution is 1.34. The van der Waals surface area contributed by atoms with Crippen LogP contribution in [0.4, 0.5) is 0 Å². The smallest absolute Gasteiger partial charge is 0.0931 e. The monoisotopic (exact) mass is 228 g/mol. The summed E-state index contributed by atoms with van der Waals surface area (Å²) in [7, 11) is 0. The molecule has 3 aromatic rings. The van der Waals surface area contributed by atoms with E-state index in [0.717, 1.165) is 27.2 Å². The number of H-pyrrole nitrogens is 1. The molecule has 0 unspecified atom stereocenters. The van der Waals surface area contributed by atoms with E-state index in [1.54, 1.807) is 6.33 Å². The Kier molecular flexibility index (Phi) is 2.15. The summed E-state index contributed by atoms with van der Waals surface area (Å²) in [5, 5.41) is 0.756. The minimum absolute atomic E-state index is 0.756. The highest BCUT2D eigenvalue weighted by Crippen LogP contribution is 2.24. The molecule has 0 amide bonds. The zero-order valence-electron chi connectivity index (χ0n) is 8.44. The fourth-order valence-electron chi connectivity index (χ4n) is 1.76. The minimum Gasteiger partial charge on any atom is -0.345 e. The standard InChI is InChI=1S/C13H9ClN2/c14-11-4-1-9(2-5-11)10-3-6-12-13(7-10)16-8-15-12/h1-8H,(H,15,16). The van der Waals surface area contributed by atoms with Crippen molar-refractivity contribution in [3.05, 3.63) is 53.8 Å². The van der Waals surface area contributed by atoms with E-state index in [2.05, 4.69) is 22.1 Å². The topological polar surface area (TPSA) is 28.7 Å². The molecule has 1 aromatic heterocycles. The molecular weight excluding hydrogens is 220 g/mol. The van der Waals surface area contributed by atoms with Crippen molar-refractivity contribution in [2.24, 2.45) is 0 Å². The van der Waals surface area contributed by atoms with Gasteiger partial charge in [0.1, 0.15) is 0 Å². The van der Waals surface area contributed by atoms with Gasteiger partial charge >= 0.3 is 0 Å². The fraction of sp³-hybridized carbons (Fsp3) is 0. The van der Waals surface area contributed by atoms with E-state index < -0.39 is 0 Å². The number of hydrogen-bond acceptors (Lipinski definition) is 1. The van der Waals surface area contributed by atoms with Crippen LogP contribution in [-0.4, -0.2) is 9.97 Å². The molecule has 0 atom stereocenters. The van der Waals surface area contributed by atoms with E-state index in [-0.39, 0.29) is 0 Å². The lowest BCUT2D eigenvalue weighted by Crippen LogP contribution is -1.78. The first kappa shape index (κ1) is 9.43. The van der Waals surface area contributed by atoms with Gasteiger partial charge in [0.2, 0.25) is 0 Å². The normalized spacial score (nSPS) is 10.8. The van der Waals surface area contributed by atoms with Crippen molar-refractivity contribution in [3.63, 3.8) is 0 Å². The van der Waals surface area contributed by atoms with Crippen LogP contribution >= 0.6 is 11.6 Å². The minimum atomic E-state index is 0.756. The van der Waals surface area contributed by atoms with Gasteiger partial charge in [-0.2, -0.15) is 0 Å². The molecule has 0 fully saturated rings. The van der Waals surface area contributed by atoms with Crippen LogP contribution in [0.15, 0.2) is 48.8 Å². The molecule has 2 aromatic carbocycles. The summed E-state index contributed by atoms with van der Waals surface area (Å²) in [6.07, 6.45) is 1.70. The Balaban J connectivity index is 2.14. The van der Waals surface area contributed by atoms with Crippen LogP contribution in [0.25, 0.3) is 22.2 Å². The Labute approximate surface area is 97.9 Å². The summed E-state index contributed by atoms with van der Waals surface area (Å²) in [4.78, 5) is 7.29. The van der Waals surface area contributed by atoms with E-state index in [1.165, 1.54) is 0 Å². The number of aromatic amines is 1. The van der Waals surface area contributed by atoms with E-state index in [0.29, 0.717) is 0 Å². The number of aromatic nitrogens is 2. The maximum atomic E-state index is 5.86. The molecule has 0 saturated carbocycles. The second-order valence-corrected chi connectivity index (χ2v) is 4.08. The second kappa shape index (κ2) is 3.65. The van der Waals surface area contributed by atoms with Crippen LogP contribution in [-0.2, 0) is 0 Å². The van der Waals surface area contributed by atoms with E-state index in [4.69, 9.17) is 11.6 Å². The molecule has 3 rings (SSSR count). The van der Waals surface area contributed by atoms with E-state index in [9.17, 15) is 0 Å². The number of nitrogens with one attached hydrogen (secondary N) is 1. The molecule has 0 aliphatic rings. The molecule has 0 spiro atoms. The van der Waals surface area contributed by atoms with Gasteiger partial charge in [0, 0.05) is 5.02 Å². The van der Waals surface area contributed by atoms with Gasteiger partial charge in [-0.25, -0.2) is 4.98 Å². The van der Waals surface area contributed by atoms with Crippen molar-refractivity contribution in [1.82, 2.24) is 9.97 Å². The highest BCUT2D eigenvalue weighted by molar-refractivity contribution is 6.30. The second-order valence-electron chi connectivity index (χ2n) is 3.64. The van der Waals surface area contributed by atoms with Crippen molar-refractivity contribution in [1.29, 1.82) is 0 Å². The van der Waals surface area contributed by atoms with Gasteiger partial charge < -0.3 is 4.98 Å². The largest absolute Gasteiger partial charge is 0.345 e. The lowest BCUT2D eigenvalue weighted by atomic mass is 10.1. The Morgan fingerprint density at radius 3 is 2.50 bits per heavy atom. The summed E-state index contributed by atoms with van der Waals surface area (Å²) >= 11 is 5.86. The Hall–Kier alpha value is -1.80. The highest BCUT2D eigenvalue weighted by atomic mass is 35.5. The summed E-state index contributed by atoms with van der Waals surface area (Å²) in [5.74, 6) is 0. The Morgan fingerprint density at radius 2 is 1.69 bits per heavy atom. The first-order valence-electron chi connectivity index (χ1n) is 5.02. The molecule has 1 heterocycles. The maximum Gasteiger partial charge on any atom is 0.0931 e. The molecule has 0 saturated heterocycles. The quantitative estimate of drug-likeness (QED) is 0.673. The molecule has 2 nitrogen and oxygen atoms in total. The van der Waals surface area contributed by atoms with Gasteiger partial charge in [0.15, 0.2) is 0 Å². The van der Waals surface area contributed by atoms with E-state index in [1.807, 2.05) is 30.3 Å². The Bertz CT molecular complexity index is 626. The molecule has 0 bridgehead atoms. The first-order chi connectivity index (χ1) is 7.83. The average Bonchev–Trinajstić information content (AvgIpc) is 2.77. The molecule has 1 N–H and O–H groups in total. The first-order valence-corrected chi connectivity index (χ1v) is 5.40.